The van der Waals surface area contributed by atoms with Crippen molar-refractivity contribution in [3.63, 3.8) is 0 Å². The number of nitrogens with one attached hydrogen (secondary N) is 1. The molecule has 1 fully saturated rings. The van der Waals surface area contributed by atoms with Gasteiger partial charge in [-0.3, -0.25) is 5.43 Å². The van der Waals surface area contributed by atoms with Crippen LogP contribution >= 0.6 is 0 Å². The fraction of sp³-hybridized carbons (Fsp3) is 0.889. The Balaban J connectivity index is 2.29. The molecule has 1 rings (SSSR count). The molecule has 1 heterocycles. The van der Waals surface area contributed by atoms with Crippen molar-refractivity contribution in [3.05, 3.63) is 0 Å². The number of nitrogens with two attached hydrogens (primary N) is 1. The van der Waals surface area contributed by atoms with Gasteiger partial charge in [-0.1, -0.05) is 13.8 Å². The number of ether oxygens (including phenoxy) is 1. The van der Waals surface area contributed by atoms with Crippen LogP contribution in [0.25, 0.3) is 0 Å². The third kappa shape index (κ3) is 3.51. The predicted molar refractivity (Wildman–Crippen MR) is 53.2 cm³/mol. The summed E-state index contributed by atoms with van der Waals surface area (Å²) in [7, 11) is 0. The lowest BCUT2D eigenvalue weighted by Gasteiger charge is -2.21. The Morgan fingerprint density at radius 1 is 1.64 bits per heavy atom. The SMILES string of the molecule is CC(C)CC(CN)CN1COC(=O)N1. The van der Waals surface area contributed by atoms with E-state index in [1.165, 1.54) is 0 Å². The normalized spacial score (nSPS) is 19.6. The molecular formula is C9H19N3O2. The van der Waals surface area contributed by atoms with Gasteiger partial charge < -0.3 is 10.5 Å². The van der Waals surface area contributed by atoms with E-state index in [1.54, 1.807) is 5.01 Å². The van der Waals surface area contributed by atoms with E-state index in [2.05, 4.69) is 19.3 Å². The van der Waals surface area contributed by atoms with E-state index in [0.717, 1.165) is 13.0 Å². The second-order valence-electron chi connectivity index (χ2n) is 4.13. The maximum atomic E-state index is 10.7. The minimum absolute atomic E-state index is 0.327. The highest BCUT2D eigenvalue weighted by Gasteiger charge is 2.22. The fourth-order valence-corrected chi connectivity index (χ4v) is 1.65. The lowest BCUT2D eigenvalue weighted by Crippen LogP contribution is -2.39. The minimum atomic E-state index is -0.370. The van der Waals surface area contributed by atoms with E-state index in [0.29, 0.717) is 25.1 Å². The molecule has 1 atom stereocenters. The molecule has 0 aromatic carbocycles. The lowest BCUT2D eigenvalue weighted by molar-refractivity contribution is 0.129. The number of rotatable bonds is 5. The Kier molecular flexibility index (Phi) is 4.16. The van der Waals surface area contributed by atoms with Gasteiger partial charge in [0.25, 0.3) is 0 Å². The second-order valence-corrected chi connectivity index (χ2v) is 4.13. The highest BCUT2D eigenvalue weighted by molar-refractivity contribution is 5.67. The van der Waals surface area contributed by atoms with Gasteiger partial charge >= 0.3 is 6.09 Å². The molecule has 1 aliphatic rings. The fourth-order valence-electron chi connectivity index (χ4n) is 1.65. The van der Waals surface area contributed by atoms with E-state index in [-0.39, 0.29) is 6.09 Å². The third-order valence-corrected chi connectivity index (χ3v) is 2.22. The van der Waals surface area contributed by atoms with Gasteiger partial charge in [0.2, 0.25) is 0 Å². The highest BCUT2D eigenvalue weighted by atomic mass is 16.6. The number of hydrogen-bond donors (Lipinski definition) is 2. The number of cyclic esters (lactones) is 1. The maximum absolute atomic E-state index is 10.7. The molecule has 0 spiro atoms. The van der Waals surface area contributed by atoms with Gasteiger partial charge in [0.15, 0.2) is 6.73 Å². The van der Waals surface area contributed by atoms with Gasteiger partial charge in [0.05, 0.1) is 0 Å². The van der Waals surface area contributed by atoms with Crippen LogP contribution in [0.4, 0.5) is 4.79 Å². The summed E-state index contributed by atoms with van der Waals surface area (Å²) < 4.78 is 4.75. The first-order chi connectivity index (χ1) is 6.61. The van der Waals surface area contributed by atoms with Crippen molar-refractivity contribution >= 4 is 6.09 Å². The molecule has 0 saturated carbocycles. The Morgan fingerprint density at radius 3 is 2.79 bits per heavy atom. The number of nitrogens with zero attached hydrogens (tertiary/aromatic N) is 1. The molecule has 5 heteroatoms. The molecule has 0 radical (unpaired) electrons. The van der Waals surface area contributed by atoms with Crippen LogP contribution in [0, 0.1) is 11.8 Å². The molecular weight excluding hydrogens is 182 g/mol. The van der Waals surface area contributed by atoms with Crippen LogP contribution in [0.2, 0.25) is 0 Å². The largest absolute Gasteiger partial charge is 0.431 e. The van der Waals surface area contributed by atoms with E-state index in [9.17, 15) is 4.79 Å². The highest BCUT2D eigenvalue weighted by Crippen LogP contribution is 2.12. The van der Waals surface area contributed by atoms with Crippen LogP contribution in [0.3, 0.4) is 0 Å². The van der Waals surface area contributed by atoms with Gasteiger partial charge in [0, 0.05) is 6.54 Å². The van der Waals surface area contributed by atoms with Crippen LogP contribution in [-0.4, -0.2) is 30.9 Å². The molecule has 5 nitrogen and oxygen atoms in total. The van der Waals surface area contributed by atoms with Crippen molar-refractivity contribution in [3.8, 4) is 0 Å². The second kappa shape index (κ2) is 5.17. The average Bonchev–Trinajstić information content (AvgIpc) is 2.49. The Hall–Kier alpha value is -0.810. The Labute approximate surface area is 84.5 Å². The van der Waals surface area contributed by atoms with Crippen LogP contribution in [0.5, 0.6) is 0 Å². The summed E-state index contributed by atoms with van der Waals surface area (Å²) in [5, 5.41) is 1.77. The smallest absolute Gasteiger partial charge is 0.423 e. The number of hydrogen-bond acceptors (Lipinski definition) is 4. The molecule has 1 saturated heterocycles. The van der Waals surface area contributed by atoms with Gasteiger partial charge in [-0.2, -0.15) is 5.01 Å². The van der Waals surface area contributed by atoms with E-state index in [1.807, 2.05) is 0 Å². The zero-order valence-electron chi connectivity index (χ0n) is 8.82. The summed E-state index contributed by atoms with van der Waals surface area (Å²) in [4.78, 5) is 10.7. The van der Waals surface area contributed by atoms with Crippen molar-refractivity contribution in [1.82, 2.24) is 10.4 Å². The number of carbonyl (C=O) groups is 1. The molecule has 1 amide bonds. The van der Waals surface area contributed by atoms with Gasteiger partial charge in [-0.15, -0.1) is 0 Å². The summed E-state index contributed by atoms with van der Waals surface area (Å²) in [5.74, 6) is 1.04. The van der Waals surface area contributed by atoms with Crippen LogP contribution in [-0.2, 0) is 4.74 Å². The van der Waals surface area contributed by atoms with E-state index in [4.69, 9.17) is 10.5 Å². The molecule has 14 heavy (non-hydrogen) atoms. The van der Waals surface area contributed by atoms with Crippen molar-refractivity contribution in [2.24, 2.45) is 17.6 Å². The summed E-state index contributed by atoms with van der Waals surface area (Å²) in [6, 6.07) is 0. The zero-order chi connectivity index (χ0) is 10.6. The standard InChI is InChI=1S/C9H19N3O2/c1-7(2)3-8(4-10)5-12-6-14-9(13)11-12/h7-8H,3-6,10H2,1-2H3,(H,11,13). The van der Waals surface area contributed by atoms with Gasteiger partial charge in [-0.05, 0) is 24.8 Å². The third-order valence-electron chi connectivity index (χ3n) is 2.22. The van der Waals surface area contributed by atoms with Gasteiger partial charge in [-0.25, -0.2) is 4.79 Å². The van der Waals surface area contributed by atoms with Gasteiger partial charge in [0.1, 0.15) is 0 Å². The summed E-state index contributed by atoms with van der Waals surface area (Å²) in [5.41, 5.74) is 8.26. The molecule has 1 unspecified atom stereocenters. The quantitative estimate of drug-likeness (QED) is 0.680. The molecule has 0 aliphatic carbocycles. The summed E-state index contributed by atoms with van der Waals surface area (Å²) in [6.07, 6.45) is 0.702. The Morgan fingerprint density at radius 2 is 2.36 bits per heavy atom. The topological polar surface area (TPSA) is 67.6 Å². The van der Waals surface area contributed by atoms with Crippen LogP contribution in [0.15, 0.2) is 0 Å². The van der Waals surface area contributed by atoms with Crippen molar-refractivity contribution in [2.75, 3.05) is 19.8 Å². The first-order valence-electron chi connectivity index (χ1n) is 5.00. The lowest BCUT2D eigenvalue weighted by atomic mass is 9.97. The molecule has 3 N–H and O–H groups in total. The first-order valence-corrected chi connectivity index (χ1v) is 5.00. The molecule has 0 aromatic rings. The van der Waals surface area contributed by atoms with Crippen molar-refractivity contribution < 1.29 is 9.53 Å². The first kappa shape index (κ1) is 11.3. The molecule has 1 aliphatic heterocycles. The zero-order valence-corrected chi connectivity index (χ0v) is 8.82. The average molecular weight is 201 g/mol. The maximum Gasteiger partial charge on any atom is 0.423 e. The number of amides is 1. The van der Waals surface area contributed by atoms with E-state index >= 15 is 0 Å². The van der Waals surface area contributed by atoms with Crippen molar-refractivity contribution in [1.29, 1.82) is 0 Å². The van der Waals surface area contributed by atoms with Crippen molar-refractivity contribution in [2.45, 2.75) is 20.3 Å². The minimum Gasteiger partial charge on any atom is -0.431 e. The van der Waals surface area contributed by atoms with E-state index < -0.39 is 0 Å². The molecule has 0 bridgehead atoms. The number of hydrazine groups is 1. The predicted octanol–water partition coefficient (Wildman–Crippen LogP) is 0.522. The molecule has 82 valence electrons. The summed E-state index contributed by atoms with van der Waals surface area (Å²) in [6.45, 7) is 6.07. The van der Waals surface area contributed by atoms with Crippen LogP contribution < -0.4 is 11.2 Å². The monoisotopic (exact) mass is 201 g/mol. The Bertz CT molecular complexity index is 196. The summed E-state index contributed by atoms with van der Waals surface area (Å²) >= 11 is 0. The molecule has 0 aromatic heterocycles. The number of carbonyl (C=O) groups excluding carboxylic acids is 1. The van der Waals surface area contributed by atoms with Crippen LogP contribution in [0.1, 0.15) is 20.3 Å².